The van der Waals surface area contributed by atoms with Gasteiger partial charge >= 0.3 is 6.03 Å². The molecule has 0 aromatic carbocycles. The highest BCUT2D eigenvalue weighted by atomic mass is 16.5. The zero-order valence-electron chi connectivity index (χ0n) is 9.79. The second-order valence-corrected chi connectivity index (χ2v) is 3.35. The van der Waals surface area contributed by atoms with Gasteiger partial charge in [0.2, 0.25) is 0 Å². The van der Waals surface area contributed by atoms with Crippen molar-refractivity contribution in [2.24, 2.45) is 5.73 Å². The monoisotopic (exact) mass is 217 g/mol. The van der Waals surface area contributed by atoms with Crippen LogP contribution in [0.2, 0.25) is 0 Å². The van der Waals surface area contributed by atoms with Crippen LogP contribution in [0.25, 0.3) is 0 Å². The number of unbranched alkanes of at least 4 members (excludes halogenated alkanes) is 1. The lowest BCUT2D eigenvalue weighted by Gasteiger charge is -2.21. The number of hydrogen-bond acceptors (Lipinski definition) is 3. The fourth-order valence-electron chi connectivity index (χ4n) is 1.16. The van der Waals surface area contributed by atoms with E-state index in [0.29, 0.717) is 26.2 Å². The highest BCUT2D eigenvalue weighted by Crippen LogP contribution is 1.90. The standard InChI is InChI=1S/C10H23N3O2/c1-3-4-6-12-10(14)13(7-5-11)8-9-15-2/h3-9,11H2,1-2H3,(H,12,14). The Morgan fingerprint density at radius 2 is 2.20 bits per heavy atom. The lowest BCUT2D eigenvalue weighted by Crippen LogP contribution is -2.44. The number of rotatable bonds is 8. The zero-order chi connectivity index (χ0) is 11.5. The normalized spacial score (nSPS) is 10.1. The second-order valence-electron chi connectivity index (χ2n) is 3.35. The van der Waals surface area contributed by atoms with E-state index in [1.807, 2.05) is 0 Å². The molecule has 90 valence electrons. The van der Waals surface area contributed by atoms with Gasteiger partial charge in [-0.05, 0) is 6.42 Å². The van der Waals surface area contributed by atoms with E-state index in [2.05, 4.69) is 12.2 Å². The molecule has 0 saturated carbocycles. The lowest BCUT2D eigenvalue weighted by molar-refractivity contribution is 0.150. The Labute approximate surface area is 91.9 Å². The van der Waals surface area contributed by atoms with Gasteiger partial charge in [-0.1, -0.05) is 13.3 Å². The van der Waals surface area contributed by atoms with Gasteiger partial charge in [0.15, 0.2) is 0 Å². The number of urea groups is 1. The van der Waals surface area contributed by atoms with E-state index in [1.165, 1.54) is 0 Å². The van der Waals surface area contributed by atoms with E-state index in [-0.39, 0.29) is 6.03 Å². The molecule has 0 aromatic heterocycles. The predicted octanol–water partition coefficient (Wildman–Crippen LogP) is 0.403. The molecule has 0 heterocycles. The first-order valence-electron chi connectivity index (χ1n) is 5.48. The third-order valence-electron chi connectivity index (χ3n) is 2.06. The number of hydrogen-bond donors (Lipinski definition) is 2. The van der Waals surface area contributed by atoms with Crippen LogP contribution in [0.15, 0.2) is 0 Å². The molecule has 0 unspecified atom stereocenters. The van der Waals surface area contributed by atoms with Crippen molar-refractivity contribution in [3.05, 3.63) is 0 Å². The van der Waals surface area contributed by atoms with Gasteiger partial charge < -0.3 is 20.7 Å². The molecule has 5 nitrogen and oxygen atoms in total. The van der Waals surface area contributed by atoms with Gasteiger partial charge in [0, 0.05) is 33.3 Å². The Morgan fingerprint density at radius 3 is 2.73 bits per heavy atom. The van der Waals surface area contributed by atoms with Gasteiger partial charge in [-0.3, -0.25) is 0 Å². The second kappa shape index (κ2) is 9.73. The van der Waals surface area contributed by atoms with E-state index in [4.69, 9.17) is 10.5 Å². The molecule has 15 heavy (non-hydrogen) atoms. The molecule has 0 aromatic rings. The zero-order valence-corrected chi connectivity index (χ0v) is 9.79. The van der Waals surface area contributed by atoms with E-state index in [9.17, 15) is 4.79 Å². The first-order valence-corrected chi connectivity index (χ1v) is 5.48. The summed E-state index contributed by atoms with van der Waals surface area (Å²) in [6.07, 6.45) is 2.09. The number of carbonyl (C=O) groups excluding carboxylic acids is 1. The molecule has 2 amide bonds. The van der Waals surface area contributed by atoms with Crippen molar-refractivity contribution in [1.82, 2.24) is 10.2 Å². The van der Waals surface area contributed by atoms with Gasteiger partial charge in [-0.2, -0.15) is 0 Å². The number of nitrogens with one attached hydrogen (secondary N) is 1. The molecule has 0 saturated heterocycles. The van der Waals surface area contributed by atoms with Crippen molar-refractivity contribution < 1.29 is 9.53 Å². The van der Waals surface area contributed by atoms with Crippen LogP contribution in [0, 0.1) is 0 Å². The van der Waals surface area contributed by atoms with Gasteiger partial charge in [0.1, 0.15) is 0 Å². The maximum Gasteiger partial charge on any atom is 0.317 e. The Morgan fingerprint density at radius 1 is 1.47 bits per heavy atom. The van der Waals surface area contributed by atoms with Gasteiger partial charge in [-0.15, -0.1) is 0 Å². The van der Waals surface area contributed by atoms with Crippen LogP contribution in [0.1, 0.15) is 19.8 Å². The third kappa shape index (κ3) is 7.16. The minimum atomic E-state index is -0.0500. The fraction of sp³-hybridized carbons (Fsp3) is 0.900. The van der Waals surface area contributed by atoms with Crippen LogP contribution >= 0.6 is 0 Å². The number of amides is 2. The Kier molecular flexibility index (Phi) is 9.21. The molecule has 0 bridgehead atoms. The van der Waals surface area contributed by atoms with Crippen LogP contribution in [0.4, 0.5) is 4.79 Å². The van der Waals surface area contributed by atoms with Gasteiger partial charge in [0.05, 0.1) is 6.61 Å². The molecule has 0 aliphatic rings. The van der Waals surface area contributed by atoms with Gasteiger partial charge in [0.25, 0.3) is 0 Å². The van der Waals surface area contributed by atoms with Crippen LogP contribution in [-0.2, 0) is 4.74 Å². The quantitative estimate of drug-likeness (QED) is 0.578. The summed E-state index contributed by atoms with van der Waals surface area (Å²) in [5, 5.41) is 2.85. The van der Waals surface area contributed by atoms with Crippen molar-refractivity contribution in [2.75, 3.05) is 39.9 Å². The summed E-state index contributed by atoms with van der Waals surface area (Å²) < 4.78 is 4.93. The summed E-state index contributed by atoms with van der Waals surface area (Å²) in [5.74, 6) is 0. The summed E-state index contributed by atoms with van der Waals surface area (Å²) in [7, 11) is 1.62. The number of nitrogens with two attached hydrogens (primary N) is 1. The maximum atomic E-state index is 11.6. The molecule has 3 N–H and O–H groups in total. The number of nitrogens with zero attached hydrogens (tertiary/aromatic N) is 1. The molecule has 0 aliphatic carbocycles. The smallest absolute Gasteiger partial charge is 0.317 e. The highest BCUT2D eigenvalue weighted by Gasteiger charge is 2.10. The molecule has 0 spiro atoms. The van der Waals surface area contributed by atoms with Crippen molar-refractivity contribution in [2.45, 2.75) is 19.8 Å². The van der Waals surface area contributed by atoms with E-state index < -0.39 is 0 Å². The Hall–Kier alpha value is -0.810. The summed E-state index contributed by atoms with van der Waals surface area (Å²) in [5.41, 5.74) is 5.43. The third-order valence-corrected chi connectivity index (χ3v) is 2.06. The predicted molar refractivity (Wildman–Crippen MR) is 60.8 cm³/mol. The summed E-state index contributed by atoms with van der Waals surface area (Å²) >= 11 is 0. The van der Waals surface area contributed by atoms with Crippen LogP contribution in [-0.4, -0.2) is 50.8 Å². The first-order chi connectivity index (χ1) is 7.26. The Bertz CT molecular complexity index is 165. The Balaban J connectivity index is 3.81. The number of carbonyl (C=O) groups is 1. The minimum Gasteiger partial charge on any atom is -0.383 e. The van der Waals surface area contributed by atoms with E-state index >= 15 is 0 Å². The number of methoxy groups -OCH3 is 1. The lowest BCUT2D eigenvalue weighted by atomic mass is 10.3. The SMILES string of the molecule is CCCCNC(=O)N(CCN)CCOC. The molecule has 0 aliphatic heterocycles. The summed E-state index contributed by atoms with van der Waals surface area (Å²) in [6.45, 7) is 5.00. The molecule has 0 radical (unpaired) electrons. The largest absolute Gasteiger partial charge is 0.383 e. The average Bonchev–Trinajstić information content (AvgIpc) is 2.24. The molecule has 0 fully saturated rings. The summed E-state index contributed by atoms with van der Waals surface area (Å²) in [4.78, 5) is 13.3. The van der Waals surface area contributed by atoms with Crippen LogP contribution < -0.4 is 11.1 Å². The van der Waals surface area contributed by atoms with Crippen molar-refractivity contribution in [3.63, 3.8) is 0 Å². The van der Waals surface area contributed by atoms with E-state index in [1.54, 1.807) is 12.0 Å². The van der Waals surface area contributed by atoms with Gasteiger partial charge in [-0.25, -0.2) is 4.79 Å². The van der Waals surface area contributed by atoms with Crippen LogP contribution in [0.3, 0.4) is 0 Å². The molecule has 5 heteroatoms. The highest BCUT2D eigenvalue weighted by molar-refractivity contribution is 5.74. The summed E-state index contributed by atoms with van der Waals surface area (Å²) in [6, 6.07) is -0.0500. The number of ether oxygens (including phenoxy) is 1. The van der Waals surface area contributed by atoms with E-state index in [0.717, 1.165) is 19.4 Å². The maximum absolute atomic E-state index is 11.6. The molecular weight excluding hydrogens is 194 g/mol. The molecular formula is C10H23N3O2. The first kappa shape index (κ1) is 14.2. The topological polar surface area (TPSA) is 67.6 Å². The minimum absolute atomic E-state index is 0.0500. The molecule has 0 rings (SSSR count). The van der Waals surface area contributed by atoms with Crippen molar-refractivity contribution in [1.29, 1.82) is 0 Å². The molecule has 0 atom stereocenters. The van der Waals surface area contributed by atoms with Crippen molar-refractivity contribution >= 4 is 6.03 Å². The van der Waals surface area contributed by atoms with Crippen LogP contribution in [0.5, 0.6) is 0 Å². The van der Waals surface area contributed by atoms with Crippen molar-refractivity contribution in [3.8, 4) is 0 Å². The average molecular weight is 217 g/mol. The fourth-order valence-corrected chi connectivity index (χ4v) is 1.16.